The Labute approximate surface area is 85.5 Å². The van der Waals surface area contributed by atoms with E-state index in [0.717, 1.165) is 0 Å². The Morgan fingerprint density at radius 3 is 3.08 bits per heavy atom. The molecule has 0 aliphatic carbocycles. The highest BCUT2D eigenvalue weighted by Crippen LogP contribution is 2.10. The number of carboxylic acid groups (broad SMARTS) is 1. The Morgan fingerprint density at radius 2 is 2.58 bits per heavy atom. The van der Waals surface area contributed by atoms with E-state index in [9.17, 15) is 4.79 Å². The lowest BCUT2D eigenvalue weighted by atomic mass is 10.6. The van der Waals surface area contributed by atoms with Crippen molar-refractivity contribution in [3.8, 4) is 0 Å². The van der Waals surface area contributed by atoms with Crippen molar-refractivity contribution >= 4 is 45.1 Å². The number of carbonyl (C=O) groups is 1. The van der Waals surface area contributed by atoms with Gasteiger partial charge in [-0.05, 0) is 0 Å². The van der Waals surface area contributed by atoms with E-state index >= 15 is 0 Å². The smallest absolute Gasteiger partial charge is 0.323 e. The molecule has 0 bridgehead atoms. The highest BCUT2D eigenvalue weighted by molar-refractivity contribution is 9.08. The second kappa shape index (κ2) is 4.06. The van der Waals surface area contributed by atoms with Crippen LogP contribution in [0.1, 0.15) is 0 Å². The van der Waals surface area contributed by atoms with E-state index in [-0.39, 0.29) is 6.54 Å². The lowest BCUT2D eigenvalue weighted by molar-refractivity contribution is -0.137. The third kappa shape index (κ3) is 2.33. The number of rotatable bonds is 2. The molecular formula is C5H4BrClN2O2S. The first kappa shape index (κ1) is 9.76. The van der Waals surface area contributed by atoms with Gasteiger partial charge in [0.05, 0.1) is 16.1 Å². The Hall–Kier alpha value is -0.330. The van der Waals surface area contributed by atoms with Gasteiger partial charge in [-0.15, -0.1) is 0 Å². The summed E-state index contributed by atoms with van der Waals surface area (Å²) in [4.78, 5) is 10.9. The van der Waals surface area contributed by atoms with Crippen LogP contribution in [0.5, 0.6) is 0 Å². The number of halogens is 2. The molecular weight excluding hydrogens is 267 g/mol. The molecule has 0 amide bonds. The minimum Gasteiger partial charge on any atom is -0.480 e. The van der Waals surface area contributed by atoms with Gasteiger partial charge in [-0.25, -0.2) is 0 Å². The fourth-order valence-corrected chi connectivity index (χ4v) is 2.04. The monoisotopic (exact) mass is 270 g/mol. The van der Waals surface area contributed by atoms with Crippen molar-refractivity contribution in [1.82, 2.24) is 4.57 Å². The molecule has 0 saturated heterocycles. The van der Waals surface area contributed by atoms with Crippen molar-refractivity contribution in [3.63, 3.8) is 0 Å². The summed E-state index contributed by atoms with van der Waals surface area (Å²) < 4.78 is 5.65. The second-order valence-electron chi connectivity index (χ2n) is 1.92. The Balaban J connectivity index is 3.06. The van der Waals surface area contributed by atoms with Crippen LogP contribution in [-0.4, -0.2) is 15.6 Å². The van der Waals surface area contributed by atoms with Crippen LogP contribution in [-0.2, 0) is 11.3 Å². The predicted molar refractivity (Wildman–Crippen MR) is 49.4 cm³/mol. The number of carboxylic acids is 1. The molecule has 1 aromatic rings. The van der Waals surface area contributed by atoms with Crippen LogP contribution in [0.3, 0.4) is 0 Å². The van der Waals surface area contributed by atoms with E-state index in [0.29, 0.717) is 9.14 Å². The van der Waals surface area contributed by atoms with Crippen LogP contribution >= 0.6 is 39.1 Å². The molecule has 1 rings (SSSR count). The molecule has 7 heteroatoms. The molecule has 1 aromatic heterocycles. The molecule has 4 nitrogen and oxygen atoms in total. The lowest BCUT2D eigenvalue weighted by Crippen LogP contribution is -2.18. The van der Waals surface area contributed by atoms with Crippen molar-refractivity contribution in [2.45, 2.75) is 6.54 Å². The number of aliphatic carboxylic acids is 1. The quantitative estimate of drug-likeness (QED) is 0.886. The molecule has 1 heterocycles. The van der Waals surface area contributed by atoms with Gasteiger partial charge in [-0.3, -0.25) is 4.79 Å². The van der Waals surface area contributed by atoms with Crippen molar-refractivity contribution in [3.05, 3.63) is 15.3 Å². The van der Waals surface area contributed by atoms with Crippen LogP contribution in [0, 0.1) is 0 Å². The van der Waals surface area contributed by atoms with Crippen molar-refractivity contribution in [1.29, 1.82) is 0 Å². The zero-order valence-electron chi connectivity index (χ0n) is 5.70. The fourth-order valence-electron chi connectivity index (χ4n) is 0.675. The molecule has 1 N–H and O–H groups in total. The molecule has 0 unspecified atom stereocenters. The summed E-state index contributed by atoms with van der Waals surface area (Å²) in [6.45, 7) is -0.131. The average molecular weight is 272 g/mol. The number of aromatic nitrogens is 1. The molecule has 0 radical (unpaired) electrons. The maximum Gasteiger partial charge on any atom is 0.323 e. The van der Waals surface area contributed by atoms with Gasteiger partial charge in [0.25, 0.3) is 0 Å². The summed E-state index contributed by atoms with van der Waals surface area (Å²) in [5.41, 5.74) is 0. The summed E-state index contributed by atoms with van der Waals surface area (Å²) in [6, 6.07) is 0. The summed E-state index contributed by atoms with van der Waals surface area (Å²) >= 11 is 9.73. The Bertz CT molecular complexity index is 359. The van der Waals surface area contributed by atoms with Crippen LogP contribution in [0.15, 0.2) is 10.2 Å². The van der Waals surface area contributed by atoms with E-state index < -0.39 is 5.97 Å². The first-order valence-corrected chi connectivity index (χ1v) is 4.76. The van der Waals surface area contributed by atoms with Crippen molar-refractivity contribution in [2.24, 2.45) is 4.02 Å². The maximum atomic E-state index is 10.3. The number of thiazole rings is 1. The molecule has 0 aliphatic rings. The van der Waals surface area contributed by atoms with Gasteiger partial charge >= 0.3 is 5.97 Å². The Kier molecular flexibility index (Phi) is 3.30. The molecule has 12 heavy (non-hydrogen) atoms. The molecule has 0 aliphatic heterocycles. The molecule has 0 fully saturated rings. The van der Waals surface area contributed by atoms with Crippen LogP contribution in [0.2, 0.25) is 4.34 Å². The molecule has 66 valence electrons. The first-order valence-electron chi connectivity index (χ1n) is 2.86. The van der Waals surface area contributed by atoms with Crippen LogP contribution in [0.25, 0.3) is 0 Å². The first-order chi connectivity index (χ1) is 5.63. The number of nitrogens with zero attached hydrogens (tertiary/aromatic N) is 2. The summed E-state index contributed by atoms with van der Waals surface area (Å²) in [5.74, 6) is -0.924. The molecule has 0 aromatic carbocycles. The molecule has 0 saturated carbocycles. The second-order valence-corrected chi connectivity index (χ2v) is 3.92. The topological polar surface area (TPSA) is 54.6 Å². The molecule has 0 spiro atoms. The van der Waals surface area contributed by atoms with E-state index in [2.05, 4.69) is 20.2 Å². The van der Waals surface area contributed by atoms with E-state index in [1.165, 1.54) is 22.1 Å². The standard InChI is InChI=1S/C5H4BrClN2O2S/c6-8-5-9(2-4(10)11)1-3(7)12-5/h1H,2H2,(H,10,11)/b8-5+. The summed E-state index contributed by atoms with van der Waals surface area (Å²) in [7, 11) is 0. The van der Waals surface area contributed by atoms with Crippen LogP contribution < -0.4 is 4.80 Å². The minimum absolute atomic E-state index is 0.131. The average Bonchev–Trinajstić information content (AvgIpc) is 2.29. The maximum absolute atomic E-state index is 10.3. The SMILES string of the molecule is O=C(O)Cn1cc(Cl)s/c1=N/Br. The fraction of sp³-hybridized carbons (Fsp3) is 0.200. The van der Waals surface area contributed by atoms with Crippen LogP contribution in [0.4, 0.5) is 0 Å². The third-order valence-electron chi connectivity index (χ3n) is 1.07. The van der Waals surface area contributed by atoms with Gasteiger partial charge in [0.2, 0.25) is 0 Å². The molecule has 0 atom stereocenters. The zero-order chi connectivity index (χ0) is 9.14. The van der Waals surface area contributed by atoms with Crippen molar-refractivity contribution < 1.29 is 9.90 Å². The van der Waals surface area contributed by atoms with E-state index in [1.54, 1.807) is 0 Å². The van der Waals surface area contributed by atoms with Gasteiger partial charge in [-0.2, -0.15) is 4.02 Å². The Morgan fingerprint density at radius 1 is 1.92 bits per heavy atom. The van der Waals surface area contributed by atoms with Gasteiger partial charge in [0.1, 0.15) is 10.9 Å². The van der Waals surface area contributed by atoms with Gasteiger partial charge in [0.15, 0.2) is 4.80 Å². The zero-order valence-corrected chi connectivity index (χ0v) is 8.86. The number of hydrogen-bond acceptors (Lipinski definition) is 3. The predicted octanol–water partition coefficient (Wildman–Crippen LogP) is 1.50. The van der Waals surface area contributed by atoms with Crippen molar-refractivity contribution in [2.75, 3.05) is 0 Å². The van der Waals surface area contributed by atoms with E-state index in [1.807, 2.05) is 0 Å². The van der Waals surface area contributed by atoms with Gasteiger partial charge < -0.3 is 9.67 Å². The van der Waals surface area contributed by atoms with E-state index in [4.69, 9.17) is 16.7 Å². The van der Waals surface area contributed by atoms with Gasteiger partial charge in [-0.1, -0.05) is 22.9 Å². The normalized spacial score (nSPS) is 12.0. The number of hydrogen-bond donors (Lipinski definition) is 1. The highest BCUT2D eigenvalue weighted by Gasteiger charge is 2.03. The van der Waals surface area contributed by atoms with Gasteiger partial charge in [0, 0.05) is 6.20 Å². The lowest BCUT2D eigenvalue weighted by Gasteiger charge is -1.94. The minimum atomic E-state index is -0.924. The summed E-state index contributed by atoms with van der Waals surface area (Å²) in [5, 5.41) is 8.48. The largest absolute Gasteiger partial charge is 0.480 e. The summed E-state index contributed by atoms with van der Waals surface area (Å²) in [6.07, 6.45) is 1.53. The highest BCUT2D eigenvalue weighted by atomic mass is 79.9. The third-order valence-corrected chi connectivity index (χ3v) is 2.78.